The summed E-state index contributed by atoms with van der Waals surface area (Å²) >= 11 is 0. The number of hydrogen-bond donors (Lipinski definition) is 3. The number of nitrogens with zero attached hydrogens (tertiary/aromatic N) is 1. The lowest BCUT2D eigenvalue weighted by atomic mass is 10.0. The van der Waals surface area contributed by atoms with E-state index in [0.29, 0.717) is 12.8 Å². The minimum absolute atomic E-state index is 0.154. The Hall–Kier alpha value is -1.81. The first kappa shape index (κ1) is 19.5. The van der Waals surface area contributed by atoms with E-state index < -0.39 is 22.2 Å². The average Bonchev–Trinajstić information content (AvgIpc) is 2.61. The number of hydrogen-bond acceptors (Lipinski definition) is 4. The largest absolute Gasteiger partial charge is 0.289 e. The van der Waals surface area contributed by atoms with Crippen molar-refractivity contribution in [1.82, 2.24) is 14.5 Å². The van der Waals surface area contributed by atoms with Crippen LogP contribution in [0.2, 0.25) is 0 Å². The first-order valence-corrected chi connectivity index (χ1v) is 9.47. The Labute approximate surface area is 146 Å². The molecule has 1 heterocycles. The number of rotatable bonds is 7. The summed E-state index contributed by atoms with van der Waals surface area (Å²) in [4.78, 5) is 11.6. The van der Waals surface area contributed by atoms with Gasteiger partial charge in [-0.3, -0.25) is 10.0 Å². The van der Waals surface area contributed by atoms with Crippen molar-refractivity contribution in [3.05, 3.63) is 41.7 Å². The number of nitrogens with one attached hydrogen (secondary N) is 2. The van der Waals surface area contributed by atoms with E-state index in [9.17, 15) is 17.6 Å². The molecule has 0 aliphatic carbocycles. The fourth-order valence-electron chi connectivity index (χ4n) is 2.66. The van der Waals surface area contributed by atoms with Crippen molar-refractivity contribution in [1.29, 1.82) is 0 Å². The predicted octanol–water partition coefficient (Wildman–Crippen LogP) is 1.42. The summed E-state index contributed by atoms with van der Waals surface area (Å²) in [7, 11) is -3.87. The van der Waals surface area contributed by atoms with Crippen LogP contribution in [-0.4, -0.2) is 43.0 Å². The van der Waals surface area contributed by atoms with E-state index in [2.05, 4.69) is 4.72 Å². The molecule has 0 aromatic heterocycles. The van der Waals surface area contributed by atoms with Crippen molar-refractivity contribution < 1.29 is 22.8 Å². The fraction of sp³-hybridized carbons (Fsp3) is 0.438. The van der Waals surface area contributed by atoms with Crippen LogP contribution in [0.25, 0.3) is 5.57 Å². The van der Waals surface area contributed by atoms with Crippen LogP contribution in [-0.2, 0) is 15.0 Å². The Kier molecular flexibility index (Phi) is 6.65. The van der Waals surface area contributed by atoms with Gasteiger partial charge >= 0.3 is 0 Å². The van der Waals surface area contributed by atoms with Gasteiger partial charge in [0.15, 0.2) is 0 Å². The van der Waals surface area contributed by atoms with E-state index in [1.807, 2.05) is 6.92 Å². The summed E-state index contributed by atoms with van der Waals surface area (Å²) in [6.45, 7) is 2.21. The second kappa shape index (κ2) is 8.52. The molecule has 0 fully saturated rings. The Morgan fingerprint density at radius 3 is 2.56 bits per heavy atom. The molecule has 25 heavy (non-hydrogen) atoms. The third-order valence-electron chi connectivity index (χ3n) is 4.02. The molecule has 1 aromatic carbocycles. The molecule has 1 aromatic rings. The maximum absolute atomic E-state index is 13.0. The minimum atomic E-state index is -3.87. The maximum atomic E-state index is 13.0. The standard InChI is InChI=1S/C16H22FN3O4S/c1-2-3-15(16(21)18-22)19-25(23,24)20-10-8-13(9-11-20)12-4-6-14(17)7-5-12/h4-8,15,19,22H,2-3,9-11H2,1H3,(H,18,21). The highest BCUT2D eigenvalue weighted by Crippen LogP contribution is 2.23. The van der Waals surface area contributed by atoms with Gasteiger partial charge in [0.05, 0.1) is 0 Å². The number of carbonyl (C=O) groups is 1. The highest BCUT2D eigenvalue weighted by molar-refractivity contribution is 7.87. The molecule has 1 atom stereocenters. The van der Waals surface area contributed by atoms with Crippen LogP contribution in [0, 0.1) is 5.82 Å². The lowest BCUT2D eigenvalue weighted by Gasteiger charge is -2.28. The van der Waals surface area contributed by atoms with Gasteiger partial charge in [-0.15, -0.1) is 0 Å². The molecule has 1 aliphatic heterocycles. The monoisotopic (exact) mass is 371 g/mol. The second-order valence-electron chi connectivity index (χ2n) is 5.78. The van der Waals surface area contributed by atoms with E-state index >= 15 is 0 Å². The predicted molar refractivity (Wildman–Crippen MR) is 91.2 cm³/mol. The van der Waals surface area contributed by atoms with Gasteiger partial charge in [-0.05, 0) is 36.1 Å². The van der Waals surface area contributed by atoms with Gasteiger partial charge in [0, 0.05) is 13.1 Å². The smallest absolute Gasteiger partial charge is 0.280 e. The summed E-state index contributed by atoms with van der Waals surface area (Å²) < 4.78 is 41.4. The first-order chi connectivity index (χ1) is 11.9. The number of amides is 1. The lowest BCUT2D eigenvalue weighted by Crippen LogP contribution is -2.51. The summed E-state index contributed by atoms with van der Waals surface area (Å²) in [6, 6.07) is 5.02. The SMILES string of the molecule is CCCC(NS(=O)(=O)N1CC=C(c2ccc(F)cc2)CC1)C(=O)NO. The molecule has 0 saturated carbocycles. The number of benzene rings is 1. The molecule has 7 nitrogen and oxygen atoms in total. The zero-order valence-electron chi connectivity index (χ0n) is 13.9. The van der Waals surface area contributed by atoms with Gasteiger partial charge < -0.3 is 0 Å². The van der Waals surface area contributed by atoms with Gasteiger partial charge in [0.1, 0.15) is 11.9 Å². The van der Waals surface area contributed by atoms with Crippen LogP contribution in [0.15, 0.2) is 30.3 Å². The Morgan fingerprint density at radius 1 is 1.36 bits per heavy atom. The molecule has 0 bridgehead atoms. The van der Waals surface area contributed by atoms with Crippen LogP contribution in [0.1, 0.15) is 31.7 Å². The summed E-state index contributed by atoms with van der Waals surface area (Å²) in [5, 5.41) is 8.74. The van der Waals surface area contributed by atoms with Crippen LogP contribution in [0.3, 0.4) is 0 Å². The van der Waals surface area contributed by atoms with Crippen LogP contribution in [0.4, 0.5) is 4.39 Å². The van der Waals surface area contributed by atoms with Crippen LogP contribution in [0.5, 0.6) is 0 Å². The molecule has 1 unspecified atom stereocenters. The molecule has 138 valence electrons. The van der Waals surface area contributed by atoms with Crippen molar-refractivity contribution in [3.63, 3.8) is 0 Å². The average molecular weight is 371 g/mol. The maximum Gasteiger partial charge on any atom is 0.280 e. The Balaban J connectivity index is 2.06. The molecule has 9 heteroatoms. The number of halogens is 1. The lowest BCUT2D eigenvalue weighted by molar-refractivity contribution is -0.131. The molecule has 0 spiro atoms. The van der Waals surface area contributed by atoms with Gasteiger partial charge in [0.25, 0.3) is 16.1 Å². The van der Waals surface area contributed by atoms with Gasteiger partial charge in [-0.1, -0.05) is 31.6 Å². The van der Waals surface area contributed by atoms with E-state index in [1.165, 1.54) is 21.9 Å². The summed E-state index contributed by atoms with van der Waals surface area (Å²) in [5.74, 6) is -1.11. The van der Waals surface area contributed by atoms with E-state index in [1.54, 1.807) is 18.2 Å². The quantitative estimate of drug-likeness (QED) is 0.499. The van der Waals surface area contributed by atoms with Gasteiger partial charge in [0.2, 0.25) is 0 Å². The third kappa shape index (κ3) is 5.08. The van der Waals surface area contributed by atoms with Crippen molar-refractivity contribution in [3.8, 4) is 0 Å². The van der Waals surface area contributed by atoms with Crippen LogP contribution < -0.4 is 10.2 Å². The molecule has 1 aliphatic rings. The van der Waals surface area contributed by atoms with Gasteiger partial charge in [-0.2, -0.15) is 17.4 Å². The van der Waals surface area contributed by atoms with E-state index in [4.69, 9.17) is 5.21 Å². The van der Waals surface area contributed by atoms with Crippen LogP contribution >= 0.6 is 0 Å². The normalized spacial score (nSPS) is 17.0. The third-order valence-corrected chi connectivity index (χ3v) is 5.62. The van der Waals surface area contributed by atoms with Crippen molar-refractivity contribution >= 4 is 21.7 Å². The zero-order chi connectivity index (χ0) is 18.4. The van der Waals surface area contributed by atoms with Gasteiger partial charge in [-0.25, -0.2) is 9.87 Å². The van der Waals surface area contributed by atoms with E-state index in [0.717, 1.165) is 11.1 Å². The topological polar surface area (TPSA) is 98.7 Å². The Morgan fingerprint density at radius 2 is 2.04 bits per heavy atom. The Bertz CT molecular complexity index is 734. The first-order valence-electron chi connectivity index (χ1n) is 8.03. The molecule has 1 amide bonds. The molecule has 0 saturated heterocycles. The molecular formula is C16H22FN3O4S. The number of hydroxylamine groups is 1. The second-order valence-corrected chi connectivity index (χ2v) is 7.49. The fourth-order valence-corrected chi connectivity index (χ4v) is 4.00. The summed E-state index contributed by atoms with van der Waals surface area (Å²) in [6.07, 6.45) is 3.11. The highest BCUT2D eigenvalue weighted by Gasteiger charge is 2.29. The van der Waals surface area contributed by atoms with Crippen molar-refractivity contribution in [2.24, 2.45) is 0 Å². The van der Waals surface area contributed by atoms with E-state index in [-0.39, 0.29) is 25.3 Å². The minimum Gasteiger partial charge on any atom is -0.289 e. The zero-order valence-corrected chi connectivity index (χ0v) is 14.7. The molecule has 0 radical (unpaired) electrons. The molecular weight excluding hydrogens is 349 g/mol. The molecule has 3 N–H and O–H groups in total. The number of carbonyl (C=O) groups excluding carboxylic acids is 1. The van der Waals surface area contributed by atoms with Crippen molar-refractivity contribution in [2.45, 2.75) is 32.2 Å². The summed E-state index contributed by atoms with van der Waals surface area (Å²) in [5.41, 5.74) is 3.29. The highest BCUT2D eigenvalue weighted by atomic mass is 32.2. The molecule has 2 rings (SSSR count). The van der Waals surface area contributed by atoms with Crippen molar-refractivity contribution in [2.75, 3.05) is 13.1 Å².